The van der Waals surface area contributed by atoms with Gasteiger partial charge in [-0.3, -0.25) is 14.3 Å². The predicted octanol–water partition coefficient (Wildman–Crippen LogP) is 3.30. The molecule has 2 heterocycles. The number of hydrogen-bond donors (Lipinski definition) is 4. The van der Waals surface area contributed by atoms with Gasteiger partial charge in [0.2, 0.25) is 0 Å². The number of hydrogen-bond acceptors (Lipinski definition) is 5. The largest absolute Gasteiger partial charge is 0.497 e. The third kappa shape index (κ3) is 4.86. The number of rotatable bonds is 5. The third-order valence-corrected chi connectivity index (χ3v) is 5.84. The Morgan fingerprint density at radius 1 is 1.10 bits per heavy atom. The fourth-order valence-electron chi connectivity index (χ4n) is 2.86. The van der Waals surface area contributed by atoms with Gasteiger partial charge >= 0.3 is 5.97 Å². The number of methoxy groups -OCH3 is 1. The van der Waals surface area contributed by atoms with E-state index < -0.39 is 16.0 Å². The van der Waals surface area contributed by atoms with E-state index in [4.69, 9.17) is 9.84 Å². The number of sulfonamides is 1. The van der Waals surface area contributed by atoms with E-state index in [1.54, 1.807) is 62.7 Å². The van der Waals surface area contributed by atoms with Gasteiger partial charge in [0, 0.05) is 34.6 Å². The van der Waals surface area contributed by atoms with Crippen LogP contribution in [-0.2, 0) is 14.8 Å². The number of carboxylic acids is 1. The number of anilines is 1. The molecule has 2 aromatic carbocycles. The lowest BCUT2D eigenvalue weighted by molar-refractivity contribution is -0.136. The standard InChI is InChI=1S/C18H15N3O4S.C3H6O2/c1-25-12-4-2-11(3-5-12)21-26(23,24)13-6-7-16-15(10-13)14-8-9-19-17(14)18(22)20-16;1-2-3(4)5/h2-10,19,21H,1H3,(H,20,22);2H2,1H3,(H,4,5). The van der Waals surface area contributed by atoms with Crippen molar-refractivity contribution in [3.05, 3.63) is 65.1 Å². The maximum atomic E-state index is 12.7. The van der Waals surface area contributed by atoms with Gasteiger partial charge in [0.05, 0.1) is 12.0 Å². The molecule has 2 aromatic heterocycles. The number of carboxylic acid groups (broad SMARTS) is 1. The second-order valence-corrected chi connectivity index (χ2v) is 8.19. The van der Waals surface area contributed by atoms with Gasteiger partial charge in [-0.15, -0.1) is 0 Å². The van der Waals surface area contributed by atoms with Crippen LogP contribution in [0.4, 0.5) is 5.69 Å². The Morgan fingerprint density at radius 3 is 2.39 bits per heavy atom. The van der Waals surface area contributed by atoms with Crippen LogP contribution in [0.15, 0.2) is 64.4 Å². The van der Waals surface area contributed by atoms with Crippen molar-refractivity contribution in [1.29, 1.82) is 0 Å². The van der Waals surface area contributed by atoms with E-state index in [-0.39, 0.29) is 16.9 Å². The van der Waals surface area contributed by atoms with Crippen LogP contribution in [0.2, 0.25) is 0 Å². The molecule has 0 aliphatic carbocycles. The Balaban J connectivity index is 0.000000491. The molecule has 4 rings (SSSR count). The van der Waals surface area contributed by atoms with Crippen molar-refractivity contribution in [2.24, 2.45) is 0 Å². The minimum Gasteiger partial charge on any atom is -0.497 e. The lowest BCUT2D eigenvalue weighted by Crippen LogP contribution is -2.13. The van der Waals surface area contributed by atoms with E-state index >= 15 is 0 Å². The number of nitrogens with one attached hydrogen (secondary N) is 3. The number of H-pyrrole nitrogens is 2. The summed E-state index contributed by atoms with van der Waals surface area (Å²) < 4.78 is 33.0. The van der Waals surface area contributed by atoms with Crippen molar-refractivity contribution in [3.8, 4) is 5.75 Å². The fourth-order valence-corrected chi connectivity index (χ4v) is 3.95. The van der Waals surface area contributed by atoms with E-state index in [0.717, 1.165) is 0 Å². The molecule has 0 unspecified atom stereocenters. The summed E-state index contributed by atoms with van der Waals surface area (Å²) in [5, 5.41) is 9.05. The zero-order valence-electron chi connectivity index (χ0n) is 16.8. The monoisotopic (exact) mass is 443 g/mol. The minimum atomic E-state index is -3.78. The quantitative estimate of drug-likeness (QED) is 0.373. The molecule has 0 aliphatic rings. The normalized spacial score (nSPS) is 11.0. The molecule has 4 N–H and O–H groups in total. The van der Waals surface area contributed by atoms with E-state index in [0.29, 0.717) is 33.2 Å². The Bertz CT molecular complexity index is 1390. The first-order chi connectivity index (χ1) is 14.7. The highest BCUT2D eigenvalue weighted by atomic mass is 32.2. The SMILES string of the molecule is CCC(=O)O.COc1ccc(NS(=O)(=O)c2ccc3[nH]c(=O)c4[nH]ccc4c3c2)cc1. The number of ether oxygens (including phenoxy) is 1. The molecule has 0 bridgehead atoms. The number of aromatic nitrogens is 2. The van der Waals surface area contributed by atoms with Gasteiger partial charge < -0.3 is 19.8 Å². The number of benzene rings is 2. The molecule has 0 fully saturated rings. The summed E-state index contributed by atoms with van der Waals surface area (Å²) in [7, 11) is -2.24. The van der Waals surface area contributed by atoms with Crippen LogP contribution in [0.25, 0.3) is 21.8 Å². The van der Waals surface area contributed by atoms with Gasteiger partial charge in [-0.2, -0.15) is 0 Å². The van der Waals surface area contributed by atoms with E-state index in [1.165, 1.54) is 6.07 Å². The minimum absolute atomic E-state index is 0.107. The van der Waals surface area contributed by atoms with E-state index in [9.17, 15) is 18.0 Å². The molecule has 10 heteroatoms. The van der Waals surface area contributed by atoms with Crippen molar-refractivity contribution < 1.29 is 23.1 Å². The second-order valence-electron chi connectivity index (χ2n) is 6.51. The van der Waals surface area contributed by atoms with E-state index in [2.05, 4.69) is 14.7 Å². The first-order valence-corrected chi connectivity index (χ1v) is 10.7. The Kier molecular flexibility index (Phi) is 6.30. The first-order valence-electron chi connectivity index (χ1n) is 9.27. The molecular formula is C21H21N3O6S. The second kappa shape index (κ2) is 8.92. The van der Waals surface area contributed by atoms with Crippen LogP contribution in [0.3, 0.4) is 0 Å². The molecule has 0 spiro atoms. The van der Waals surface area contributed by atoms with Crippen LogP contribution < -0.4 is 15.0 Å². The van der Waals surface area contributed by atoms with Crippen molar-refractivity contribution in [3.63, 3.8) is 0 Å². The molecular weight excluding hydrogens is 422 g/mol. The highest BCUT2D eigenvalue weighted by Crippen LogP contribution is 2.25. The van der Waals surface area contributed by atoms with Crippen LogP contribution >= 0.6 is 0 Å². The molecule has 0 amide bonds. The predicted molar refractivity (Wildman–Crippen MR) is 118 cm³/mol. The van der Waals surface area contributed by atoms with Gasteiger partial charge in [-0.1, -0.05) is 6.92 Å². The molecule has 0 saturated carbocycles. The number of aliphatic carboxylic acids is 1. The molecule has 31 heavy (non-hydrogen) atoms. The van der Waals surface area contributed by atoms with Gasteiger partial charge in [0.1, 0.15) is 11.3 Å². The Labute approximate surface area is 177 Å². The fraction of sp³-hybridized carbons (Fsp3) is 0.143. The lowest BCUT2D eigenvalue weighted by Gasteiger charge is -2.10. The third-order valence-electron chi connectivity index (χ3n) is 4.46. The first kappa shape index (κ1) is 21.9. The maximum Gasteiger partial charge on any atom is 0.303 e. The lowest BCUT2D eigenvalue weighted by atomic mass is 10.1. The van der Waals surface area contributed by atoms with Crippen molar-refractivity contribution in [2.75, 3.05) is 11.8 Å². The summed E-state index contributed by atoms with van der Waals surface area (Å²) in [5.74, 6) is -0.109. The zero-order chi connectivity index (χ0) is 22.6. The van der Waals surface area contributed by atoms with Gasteiger partial charge in [0.15, 0.2) is 0 Å². The van der Waals surface area contributed by atoms with Crippen LogP contribution in [0.5, 0.6) is 5.75 Å². The molecule has 0 radical (unpaired) electrons. The van der Waals surface area contributed by atoms with Crippen molar-refractivity contribution >= 4 is 43.5 Å². The average molecular weight is 443 g/mol. The molecule has 9 nitrogen and oxygen atoms in total. The summed E-state index contributed by atoms with van der Waals surface area (Å²) >= 11 is 0. The summed E-state index contributed by atoms with van der Waals surface area (Å²) in [5.41, 5.74) is 1.17. The summed E-state index contributed by atoms with van der Waals surface area (Å²) in [6.07, 6.45) is 1.87. The molecule has 0 aliphatic heterocycles. The number of pyridine rings is 1. The van der Waals surface area contributed by atoms with Gasteiger partial charge in [-0.25, -0.2) is 8.42 Å². The van der Waals surface area contributed by atoms with Crippen molar-refractivity contribution in [2.45, 2.75) is 18.2 Å². The van der Waals surface area contributed by atoms with Crippen molar-refractivity contribution in [1.82, 2.24) is 9.97 Å². The van der Waals surface area contributed by atoms with E-state index in [1.807, 2.05) is 0 Å². The van der Waals surface area contributed by atoms with Gasteiger partial charge in [0.25, 0.3) is 15.6 Å². The van der Waals surface area contributed by atoms with Crippen LogP contribution in [0, 0.1) is 0 Å². The summed E-state index contributed by atoms with van der Waals surface area (Å²) in [6.45, 7) is 1.60. The number of carbonyl (C=O) groups is 1. The average Bonchev–Trinajstić information content (AvgIpc) is 3.25. The highest BCUT2D eigenvalue weighted by Gasteiger charge is 2.16. The van der Waals surface area contributed by atoms with Crippen LogP contribution in [0.1, 0.15) is 13.3 Å². The Hall–Kier alpha value is -3.79. The van der Waals surface area contributed by atoms with Gasteiger partial charge in [-0.05, 0) is 48.5 Å². The Morgan fingerprint density at radius 2 is 1.77 bits per heavy atom. The molecule has 162 valence electrons. The number of aromatic amines is 2. The summed E-state index contributed by atoms with van der Waals surface area (Å²) in [6, 6.07) is 12.9. The molecule has 0 atom stereocenters. The zero-order valence-corrected chi connectivity index (χ0v) is 17.6. The van der Waals surface area contributed by atoms with Crippen LogP contribution in [-0.4, -0.2) is 36.6 Å². The summed E-state index contributed by atoms with van der Waals surface area (Å²) in [4.78, 5) is 27.1. The number of fused-ring (bicyclic) bond motifs is 3. The topological polar surface area (TPSA) is 141 Å². The smallest absolute Gasteiger partial charge is 0.303 e. The maximum absolute atomic E-state index is 12.7. The molecule has 4 aromatic rings. The molecule has 0 saturated heterocycles. The highest BCUT2D eigenvalue weighted by molar-refractivity contribution is 7.92.